The van der Waals surface area contributed by atoms with Crippen molar-refractivity contribution in [3.63, 3.8) is 0 Å². The number of hydrogen-bond acceptors (Lipinski definition) is 3. The van der Waals surface area contributed by atoms with Crippen molar-refractivity contribution in [3.8, 4) is 11.3 Å². The first-order valence-corrected chi connectivity index (χ1v) is 8.67. The minimum atomic E-state index is 0.738. The highest BCUT2D eigenvalue weighted by Gasteiger charge is 2.23. The number of nitrogens with zero attached hydrogens (tertiary/aromatic N) is 4. The number of rotatable bonds is 4. The molecule has 1 aliphatic carbocycles. The van der Waals surface area contributed by atoms with Crippen molar-refractivity contribution in [3.05, 3.63) is 78.5 Å². The summed E-state index contributed by atoms with van der Waals surface area (Å²) in [6.45, 7) is 0.767. The van der Waals surface area contributed by atoms with Gasteiger partial charge >= 0.3 is 0 Å². The molecule has 1 fully saturated rings. The molecule has 0 spiro atoms. The molecule has 0 saturated heterocycles. The van der Waals surface area contributed by atoms with Crippen molar-refractivity contribution in [2.75, 3.05) is 0 Å². The molecule has 0 radical (unpaired) electrons. The molecule has 3 heterocycles. The number of aromatic nitrogens is 4. The second-order valence-electron chi connectivity index (χ2n) is 6.69. The van der Waals surface area contributed by atoms with Gasteiger partial charge < -0.3 is 4.57 Å². The van der Waals surface area contributed by atoms with Gasteiger partial charge in [-0.1, -0.05) is 12.1 Å². The highest BCUT2D eigenvalue weighted by atomic mass is 15.0. The van der Waals surface area contributed by atoms with Gasteiger partial charge in [0.2, 0.25) is 0 Å². The summed E-state index contributed by atoms with van der Waals surface area (Å²) in [6.07, 6.45) is 10.1. The molecule has 0 N–H and O–H groups in total. The van der Waals surface area contributed by atoms with E-state index in [9.17, 15) is 0 Å². The Hall–Kier alpha value is -3.01. The minimum absolute atomic E-state index is 0.738. The lowest BCUT2D eigenvalue weighted by Gasteiger charge is -2.07. The molecule has 0 amide bonds. The zero-order valence-electron chi connectivity index (χ0n) is 13.8. The Morgan fingerprint density at radius 2 is 1.96 bits per heavy atom. The molecule has 25 heavy (non-hydrogen) atoms. The molecule has 0 atom stereocenters. The molecule has 0 bridgehead atoms. The maximum Gasteiger partial charge on any atom is 0.0961 e. The smallest absolute Gasteiger partial charge is 0.0961 e. The van der Waals surface area contributed by atoms with Gasteiger partial charge in [-0.05, 0) is 60.2 Å². The van der Waals surface area contributed by atoms with Crippen molar-refractivity contribution >= 4 is 11.0 Å². The standard InChI is InChI=1S/C21H18N4/c1-2-15(12-22-8-1)13-25-14-24-19-6-5-18(11-21(19)25)20-10-17(7-9-23-20)16-3-4-16/h1-2,5-12,14,16H,3-4,13H2. The highest BCUT2D eigenvalue weighted by Crippen LogP contribution is 2.40. The van der Waals surface area contributed by atoms with Gasteiger partial charge in [0.1, 0.15) is 0 Å². The molecule has 5 rings (SSSR count). The number of benzene rings is 1. The number of fused-ring (bicyclic) bond motifs is 1. The third-order valence-corrected chi connectivity index (χ3v) is 4.83. The normalized spacial score (nSPS) is 14.1. The minimum Gasteiger partial charge on any atom is -0.326 e. The van der Waals surface area contributed by atoms with Crippen molar-refractivity contribution in [1.29, 1.82) is 0 Å². The van der Waals surface area contributed by atoms with Gasteiger partial charge in [0.15, 0.2) is 0 Å². The Morgan fingerprint density at radius 1 is 1.00 bits per heavy atom. The van der Waals surface area contributed by atoms with E-state index in [1.807, 2.05) is 24.8 Å². The largest absolute Gasteiger partial charge is 0.326 e. The molecular weight excluding hydrogens is 308 g/mol. The Bertz CT molecular complexity index is 1030. The van der Waals surface area contributed by atoms with Crippen LogP contribution in [0.5, 0.6) is 0 Å². The summed E-state index contributed by atoms with van der Waals surface area (Å²) in [5.41, 5.74) is 6.89. The molecule has 0 aliphatic heterocycles. The molecule has 1 aromatic carbocycles. The highest BCUT2D eigenvalue weighted by molar-refractivity contribution is 5.81. The maximum atomic E-state index is 4.58. The van der Waals surface area contributed by atoms with E-state index in [2.05, 4.69) is 55.9 Å². The molecular formula is C21H18N4. The maximum absolute atomic E-state index is 4.58. The van der Waals surface area contributed by atoms with E-state index in [-0.39, 0.29) is 0 Å². The van der Waals surface area contributed by atoms with Gasteiger partial charge in [-0.25, -0.2) is 4.98 Å². The molecule has 3 aromatic heterocycles. The van der Waals surface area contributed by atoms with Crippen LogP contribution in [0.2, 0.25) is 0 Å². The molecule has 4 aromatic rings. The van der Waals surface area contributed by atoms with E-state index in [0.717, 1.165) is 34.8 Å². The first-order valence-electron chi connectivity index (χ1n) is 8.67. The first-order chi connectivity index (χ1) is 12.4. The van der Waals surface area contributed by atoms with Gasteiger partial charge in [-0.15, -0.1) is 0 Å². The molecule has 1 saturated carbocycles. The summed E-state index contributed by atoms with van der Waals surface area (Å²) in [5, 5.41) is 0. The Kier molecular flexibility index (Phi) is 3.33. The predicted molar refractivity (Wildman–Crippen MR) is 98.3 cm³/mol. The molecule has 0 unspecified atom stereocenters. The van der Waals surface area contributed by atoms with Crippen LogP contribution in [-0.4, -0.2) is 19.5 Å². The van der Waals surface area contributed by atoms with E-state index < -0.39 is 0 Å². The summed E-state index contributed by atoms with van der Waals surface area (Å²) in [6, 6.07) is 14.8. The average molecular weight is 326 g/mol. The third kappa shape index (κ3) is 2.80. The molecule has 122 valence electrons. The van der Waals surface area contributed by atoms with Crippen molar-refractivity contribution in [2.45, 2.75) is 25.3 Å². The van der Waals surface area contributed by atoms with Crippen LogP contribution in [0.25, 0.3) is 22.3 Å². The van der Waals surface area contributed by atoms with Crippen LogP contribution in [0.4, 0.5) is 0 Å². The van der Waals surface area contributed by atoms with Gasteiger partial charge in [-0.2, -0.15) is 0 Å². The second-order valence-corrected chi connectivity index (χ2v) is 6.69. The molecule has 4 nitrogen and oxygen atoms in total. The van der Waals surface area contributed by atoms with Gasteiger partial charge in [0.25, 0.3) is 0 Å². The average Bonchev–Trinajstić information content (AvgIpc) is 3.45. The van der Waals surface area contributed by atoms with Crippen LogP contribution >= 0.6 is 0 Å². The van der Waals surface area contributed by atoms with Gasteiger partial charge in [0, 0.05) is 24.2 Å². The molecule has 1 aliphatic rings. The van der Waals surface area contributed by atoms with E-state index in [4.69, 9.17) is 0 Å². The van der Waals surface area contributed by atoms with Crippen LogP contribution < -0.4 is 0 Å². The van der Waals surface area contributed by atoms with Gasteiger partial charge in [0.05, 0.1) is 29.6 Å². The van der Waals surface area contributed by atoms with Crippen molar-refractivity contribution in [1.82, 2.24) is 19.5 Å². The fraction of sp³-hybridized carbons (Fsp3) is 0.190. The fourth-order valence-corrected chi connectivity index (χ4v) is 3.31. The monoisotopic (exact) mass is 326 g/mol. The van der Waals surface area contributed by atoms with Crippen LogP contribution in [0.1, 0.15) is 29.9 Å². The zero-order valence-corrected chi connectivity index (χ0v) is 13.8. The summed E-state index contributed by atoms with van der Waals surface area (Å²) >= 11 is 0. The summed E-state index contributed by atoms with van der Waals surface area (Å²) < 4.78 is 2.17. The van der Waals surface area contributed by atoms with Crippen molar-refractivity contribution in [2.24, 2.45) is 0 Å². The SMILES string of the molecule is c1cncc(Cn2cnc3ccc(-c4cc(C5CC5)ccn4)cc32)c1. The van der Waals surface area contributed by atoms with E-state index in [1.54, 1.807) is 6.20 Å². The van der Waals surface area contributed by atoms with Crippen LogP contribution in [0.3, 0.4) is 0 Å². The predicted octanol–water partition coefficient (Wildman–Crippen LogP) is 4.42. The quantitative estimate of drug-likeness (QED) is 0.557. The number of hydrogen-bond donors (Lipinski definition) is 0. The van der Waals surface area contributed by atoms with Crippen LogP contribution in [0.15, 0.2) is 67.4 Å². The lowest BCUT2D eigenvalue weighted by Crippen LogP contribution is -1.98. The van der Waals surface area contributed by atoms with E-state index in [0.29, 0.717) is 0 Å². The third-order valence-electron chi connectivity index (χ3n) is 4.83. The number of pyridine rings is 2. The Labute approximate surface area is 146 Å². The summed E-state index contributed by atoms with van der Waals surface area (Å²) in [7, 11) is 0. The zero-order chi connectivity index (χ0) is 16.6. The van der Waals surface area contributed by atoms with Crippen molar-refractivity contribution < 1.29 is 0 Å². The Balaban J connectivity index is 1.54. The Morgan fingerprint density at radius 3 is 2.80 bits per heavy atom. The van der Waals surface area contributed by atoms with E-state index in [1.165, 1.54) is 24.0 Å². The fourth-order valence-electron chi connectivity index (χ4n) is 3.31. The summed E-state index contributed by atoms with van der Waals surface area (Å²) in [5.74, 6) is 0.738. The summed E-state index contributed by atoms with van der Waals surface area (Å²) in [4.78, 5) is 13.3. The second kappa shape index (κ2) is 5.81. The molecule has 4 heteroatoms. The van der Waals surface area contributed by atoms with Gasteiger partial charge in [-0.3, -0.25) is 9.97 Å². The van der Waals surface area contributed by atoms with Crippen LogP contribution in [-0.2, 0) is 6.54 Å². The topological polar surface area (TPSA) is 43.6 Å². The lowest BCUT2D eigenvalue weighted by atomic mass is 10.1. The number of imidazole rings is 1. The van der Waals surface area contributed by atoms with E-state index >= 15 is 0 Å². The lowest BCUT2D eigenvalue weighted by molar-refractivity contribution is 0.820. The first kappa shape index (κ1) is 14.3. The van der Waals surface area contributed by atoms with Crippen LogP contribution in [0, 0.1) is 0 Å².